The van der Waals surface area contributed by atoms with Crippen LogP contribution in [-0.4, -0.2) is 29.0 Å². The maximum Gasteiger partial charge on any atom is 0.127 e. The molecule has 2 atom stereocenters. The minimum atomic E-state index is -1.03. The van der Waals surface area contributed by atoms with E-state index in [1.807, 2.05) is 30.3 Å². The van der Waals surface area contributed by atoms with E-state index in [1.165, 1.54) is 12.1 Å². The Morgan fingerprint density at radius 3 is 2.50 bits per heavy atom. The van der Waals surface area contributed by atoms with E-state index < -0.39 is 24.6 Å². The van der Waals surface area contributed by atoms with Crippen molar-refractivity contribution in [2.75, 3.05) is 6.61 Å². The van der Waals surface area contributed by atoms with Crippen LogP contribution in [0, 0.1) is 5.82 Å². The fourth-order valence-corrected chi connectivity index (χ4v) is 2.11. The van der Waals surface area contributed by atoms with Gasteiger partial charge in [-0.25, -0.2) is 4.39 Å². The second-order valence-electron chi connectivity index (χ2n) is 5.19. The number of nitrogens with two attached hydrogens (primary N) is 1. The molecule has 22 heavy (non-hydrogen) atoms. The Hall–Kier alpha value is -1.95. The molecule has 0 saturated heterocycles. The summed E-state index contributed by atoms with van der Waals surface area (Å²) in [6, 6.07) is 13.3. The van der Waals surface area contributed by atoms with Gasteiger partial charge in [-0.2, -0.15) is 0 Å². The lowest BCUT2D eigenvalue weighted by atomic mass is 10.0. The third kappa shape index (κ3) is 4.80. The van der Waals surface area contributed by atoms with E-state index in [0.29, 0.717) is 17.9 Å². The lowest BCUT2D eigenvalue weighted by Gasteiger charge is -2.17. The molecule has 2 aromatic carbocycles. The quantitative estimate of drug-likeness (QED) is 0.727. The molecule has 0 amide bonds. The van der Waals surface area contributed by atoms with Gasteiger partial charge in [-0.15, -0.1) is 0 Å². The highest BCUT2D eigenvalue weighted by atomic mass is 19.1. The van der Waals surface area contributed by atoms with E-state index in [2.05, 4.69) is 0 Å². The summed E-state index contributed by atoms with van der Waals surface area (Å²) in [6.45, 7) is -0.0805. The molecule has 0 saturated carbocycles. The lowest BCUT2D eigenvalue weighted by Crippen LogP contribution is -2.38. The van der Waals surface area contributed by atoms with Gasteiger partial charge in [0.2, 0.25) is 0 Å². The molecule has 0 heterocycles. The summed E-state index contributed by atoms with van der Waals surface area (Å²) < 4.78 is 19.2. The SMILES string of the molecule is NC(Cc1cc(F)cc(OCc2ccccc2)c1)C(O)CO. The normalized spacial score (nSPS) is 13.6. The second-order valence-corrected chi connectivity index (χ2v) is 5.19. The second kappa shape index (κ2) is 7.89. The van der Waals surface area contributed by atoms with Crippen LogP contribution in [-0.2, 0) is 13.0 Å². The summed E-state index contributed by atoms with van der Waals surface area (Å²) in [4.78, 5) is 0. The summed E-state index contributed by atoms with van der Waals surface area (Å²) in [7, 11) is 0. The van der Waals surface area contributed by atoms with Gasteiger partial charge >= 0.3 is 0 Å². The van der Waals surface area contributed by atoms with Gasteiger partial charge in [0.25, 0.3) is 0 Å². The number of benzene rings is 2. The summed E-state index contributed by atoms with van der Waals surface area (Å²) in [5.74, 6) is -0.0178. The summed E-state index contributed by atoms with van der Waals surface area (Å²) >= 11 is 0. The number of ether oxygens (including phenoxy) is 1. The molecule has 4 N–H and O–H groups in total. The van der Waals surface area contributed by atoms with Gasteiger partial charge in [0.15, 0.2) is 0 Å². The number of hydrogen-bond donors (Lipinski definition) is 3. The molecule has 2 rings (SSSR count). The van der Waals surface area contributed by atoms with E-state index in [9.17, 15) is 9.50 Å². The molecule has 0 radical (unpaired) electrons. The topological polar surface area (TPSA) is 75.7 Å². The highest BCUT2D eigenvalue weighted by molar-refractivity contribution is 5.30. The van der Waals surface area contributed by atoms with Gasteiger partial charge in [-0.3, -0.25) is 0 Å². The van der Waals surface area contributed by atoms with Crippen LogP contribution in [0.1, 0.15) is 11.1 Å². The number of rotatable bonds is 7. The molecule has 0 aromatic heterocycles. The standard InChI is InChI=1S/C17H20FNO3/c18-14-6-13(8-16(19)17(21)10-20)7-15(9-14)22-11-12-4-2-1-3-5-12/h1-7,9,16-17,20-21H,8,10-11,19H2. The first-order chi connectivity index (χ1) is 10.6. The van der Waals surface area contributed by atoms with E-state index >= 15 is 0 Å². The molecule has 118 valence electrons. The molecular formula is C17H20FNO3. The van der Waals surface area contributed by atoms with Crippen LogP contribution >= 0.6 is 0 Å². The van der Waals surface area contributed by atoms with Crippen molar-refractivity contribution >= 4 is 0 Å². The van der Waals surface area contributed by atoms with Gasteiger partial charge in [-0.1, -0.05) is 30.3 Å². The number of aliphatic hydroxyl groups excluding tert-OH is 2. The molecule has 4 nitrogen and oxygen atoms in total. The predicted octanol–water partition coefficient (Wildman–Crippen LogP) is 1.63. The van der Waals surface area contributed by atoms with Crippen molar-refractivity contribution in [3.63, 3.8) is 0 Å². The minimum Gasteiger partial charge on any atom is -0.489 e. The van der Waals surface area contributed by atoms with Crippen molar-refractivity contribution in [1.82, 2.24) is 0 Å². The number of aliphatic hydroxyl groups is 2. The maximum absolute atomic E-state index is 13.7. The van der Waals surface area contributed by atoms with E-state index in [-0.39, 0.29) is 6.42 Å². The van der Waals surface area contributed by atoms with Crippen molar-refractivity contribution in [3.8, 4) is 5.75 Å². The minimum absolute atomic E-state index is 0.251. The summed E-state index contributed by atoms with van der Waals surface area (Å²) in [6.07, 6.45) is -0.779. The Morgan fingerprint density at radius 1 is 1.09 bits per heavy atom. The zero-order chi connectivity index (χ0) is 15.9. The van der Waals surface area contributed by atoms with Crippen molar-refractivity contribution in [2.24, 2.45) is 5.73 Å². The Bertz CT molecular complexity index is 592. The van der Waals surface area contributed by atoms with Gasteiger partial charge in [0.1, 0.15) is 18.2 Å². The zero-order valence-corrected chi connectivity index (χ0v) is 12.2. The zero-order valence-electron chi connectivity index (χ0n) is 12.2. The van der Waals surface area contributed by atoms with Crippen LogP contribution in [0.4, 0.5) is 4.39 Å². The monoisotopic (exact) mass is 305 g/mol. The van der Waals surface area contributed by atoms with Gasteiger partial charge in [0.05, 0.1) is 12.7 Å². The fourth-order valence-electron chi connectivity index (χ4n) is 2.11. The van der Waals surface area contributed by atoms with Crippen molar-refractivity contribution < 1.29 is 19.3 Å². The average molecular weight is 305 g/mol. The molecule has 0 spiro atoms. The third-order valence-corrected chi connectivity index (χ3v) is 3.33. The molecule has 0 fully saturated rings. The highest BCUT2D eigenvalue weighted by Crippen LogP contribution is 2.19. The largest absolute Gasteiger partial charge is 0.489 e. The maximum atomic E-state index is 13.7. The van der Waals surface area contributed by atoms with Crippen LogP contribution in [0.5, 0.6) is 5.75 Å². The fraction of sp³-hybridized carbons (Fsp3) is 0.294. The molecule has 0 aliphatic carbocycles. The number of halogens is 1. The molecule has 2 unspecified atom stereocenters. The summed E-state index contributed by atoms with van der Waals surface area (Å²) in [5.41, 5.74) is 7.35. The molecule has 0 aliphatic heterocycles. The van der Waals surface area contributed by atoms with E-state index in [0.717, 1.165) is 5.56 Å². The summed E-state index contributed by atoms with van der Waals surface area (Å²) in [5, 5.41) is 18.4. The molecule has 0 bridgehead atoms. The van der Waals surface area contributed by atoms with Crippen LogP contribution < -0.4 is 10.5 Å². The van der Waals surface area contributed by atoms with Crippen LogP contribution in [0.25, 0.3) is 0 Å². The van der Waals surface area contributed by atoms with Crippen molar-refractivity contribution in [3.05, 3.63) is 65.5 Å². The first kappa shape index (κ1) is 16.4. The first-order valence-corrected chi connectivity index (χ1v) is 7.09. The average Bonchev–Trinajstić information content (AvgIpc) is 2.52. The predicted molar refractivity (Wildman–Crippen MR) is 81.9 cm³/mol. The Kier molecular flexibility index (Phi) is 5.89. The Balaban J connectivity index is 2.03. The first-order valence-electron chi connectivity index (χ1n) is 7.09. The third-order valence-electron chi connectivity index (χ3n) is 3.33. The lowest BCUT2D eigenvalue weighted by molar-refractivity contribution is 0.0742. The Morgan fingerprint density at radius 2 is 1.82 bits per heavy atom. The van der Waals surface area contributed by atoms with Crippen LogP contribution in [0.3, 0.4) is 0 Å². The number of hydrogen-bond acceptors (Lipinski definition) is 4. The highest BCUT2D eigenvalue weighted by Gasteiger charge is 2.15. The Labute approximate surface area is 129 Å². The molecule has 5 heteroatoms. The molecule has 0 aliphatic rings. The van der Waals surface area contributed by atoms with Crippen LogP contribution in [0.15, 0.2) is 48.5 Å². The van der Waals surface area contributed by atoms with E-state index in [1.54, 1.807) is 6.07 Å². The van der Waals surface area contributed by atoms with Gasteiger partial charge in [0, 0.05) is 12.1 Å². The van der Waals surface area contributed by atoms with Gasteiger partial charge in [-0.05, 0) is 29.7 Å². The van der Waals surface area contributed by atoms with Crippen LogP contribution in [0.2, 0.25) is 0 Å². The van der Waals surface area contributed by atoms with E-state index in [4.69, 9.17) is 15.6 Å². The van der Waals surface area contributed by atoms with Gasteiger partial charge < -0.3 is 20.7 Å². The molecule has 2 aromatic rings. The van der Waals surface area contributed by atoms with Crippen molar-refractivity contribution in [1.29, 1.82) is 0 Å². The molecular weight excluding hydrogens is 285 g/mol. The smallest absolute Gasteiger partial charge is 0.127 e. The van der Waals surface area contributed by atoms with Crippen molar-refractivity contribution in [2.45, 2.75) is 25.2 Å².